The molecule has 1 aliphatic heterocycles. The summed E-state index contributed by atoms with van der Waals surface area (Å²) in [5, 5.41) is 5.61. The summed E-state index contributed by atoms with van der Waals surface area (Å²) in [6.07, 6.45) is 2.62. The van der Waals surface area contributed by atoms with Gasteiger partial charge in [0, 0.05) is 39.4 Å². The first-order valence-electron chi connectivity index (χ1n) is 9.70. The molecule has 2 aromatic heterocycles. The van der Waals surface area contributed by atoms with Gasteiger partial charge in [0.25, 0.3) is 5.91 Å². The van der Waals surface area contributed by atoms with Crippen molar-refractivity contribution in [3.05, 3.63) is 40.7 Å². The number of fused-ring (bicyclic) bond motifs is 1. The van der Waals surface area contributed by atoms with Crippen LogP contribution >= 0.6 is 22.9 Å². The molecule has 0 atom stereocenters. The van der Waals surface area contributed by atoms with Crippen LogP contribution in [0.2, 0.25) is 5.02 Å². The first-order valence-corrected chi connectivity index (χ1v) is 10.9. The molecule has 3 heterocycles. The van der Waals surface area contributed by atoms with Gasteiger partial charge in [0.15, 0.2) is 10.8 Å². The molecular formula is C20H24ClN5O2S. The molecular weight excluding hydrogens is 410 g/mol. The number of aryl methyl sites for hydroxylation is 2. The highest BCUT2D eigenvalue weighted by Crippen LogP contribution is 2.36. The van der Waals surface area contributed by atoms with E-state index in [0.29, 0.717) is 22.4 Å². The summed E-state index contributed by atoms with van der Waals surface area (Å²) < 4.78 is 7.96. The van der Waals surface area contributed by atoms with E-state index in [9.17, 15) is 4.79 Å². The number of nitrogens with zero attached hydrogens (tertiary/aromatic N) is 5. The lowest BCUT2D eigenvalue weighted by Gasteiger charge is -2.27. The number of thiazole rings is 1. The molecule has 1 aromatic carbocycles. The molecule has 0 unspecified atom stereocenters. The van der Waals surface area contributed by atoms with Crippen molar-refractivity contribution in [3.63, 3.8) is 0 Å². The summed E-state index contributed by atoms with van der Waals surface area (Å²) in [6.45, 7) is 6.90. The van der Waals surface area contributed by atoms with E-state index in [2.05, 4.69) is 10.00 Å². The van der Waals surface area contributed by atoms with Crippen molar-refractivity contribution in [3.8, 4) is 0 Å². The number of carbonyl (C=O) groups excluding carboxylic acids is 1. The van der Waals surface area contributed by atoms with Gasteiger partial charge < -0.3 is 4.74 Å². The van der Waals surface area contributed by atoms with Gasteiger partial charge in [-0.05, 0) is 31.0 Å². The van der Waals surface area contributed by atoms with Crippen molar-refractivity contribution in [2.24, 2.45) is 7.05 Å². The summed E-state index contributed by atoms with van der Waals surface area (Å²) in [7, 11) is 1.81. The van der Waals surface area contributed by atoms with Gasteiger partial charge in [0.2, 0.25) is 0 Å². The SMILES string of the molecule is Cc1ccc(Cl)c2sc(N(CCCN3CCOCC3)C(=O)c3ccn(C)n3)nc12. The third-order valence-electron chi connectivity index (χ3n) is 5.05. The van der Waals surface area contributed by atoms with Crippen LogP contribution in [0.4, 0.5) is 5.13 Å². The van der Waals surface area contributed by atoms with Crippen LogP contribution in [0.25, 0.3) is 10.2 Å². The number of carbonyl (C=O) groups is 1. The summed E-state index contributed by atoms with van der Waals surface area (Å²) in [4.78, 5) is 22.1. The van der Waals surface area contributed by atoms with E-state index in [1.165, 1.54) is 11.3 Å². The van der Waals surface area contributed by atoms with Crippen molar-refractivity contribution in [2.45, 2.75) is 13.3 Å². The largest absolute Gasteiger partial charge is 0.379 e. The average Bonchev–Trinajstić information content (AvgIpc) is 3.36. The topological polar surface area (TPSA) is 63.5 Å². The third kappa shape index (κ3) is 4.45. The second kappa shape index (κ2) is 8.79. The second-order valence-electron chi connectivity index (χ2n) is 7.18. The van der Waals surface area contributed by atoms with Gasteiger partial charge in [0.05, 0.1) is 28.5 Å². The van der Waals surface area contributed by atoms with Gasteiger partial charge in [-0.3, -0.25) is 19.3 Å². The van der Waals surface area contributed by atoms with E-state index in [1.807, 2.05) is 19.1 Å². The zero-order valence-electron chi connectivity index (χ0n) is 16.6. The number of morpholine rings is 1. The number of benzene rings is 1. The standard InChI is InChI=1S/C20H24ClN5O2S/c1-14-4-5-15(21)18-17(14)22-20(29-18)26(19(27)16-6-9-24(2)23-16)8-3-7-25-10-12-28-13-11-25/h4-6,9H,3,7-8,10-13H2,1-2H3. The van der Waals surface area contributed by atoms with Crippen LogP contribution in [0.5, 0.6) is 0 Å². The smallest absolute Gasteiger partial charge is 0.280 e. The Morgan fingerprint density at radius 2 is 2.10 bits per heavy atom. The molecule has 29 heavy (non-hydrogen) atoms. The Balaban J connectivity index is 1.59. The minimum atomic E-state index is -0.139. The van der Waals surface area contributed by atoms with Crippen molar-refractivity contribution >= 4 is 44.2 Å². The maximum absolute atomic E-state index is 13.2. The van der Waals surface area contributed by atoms with E-state index < -0.39 is 0 Å². The van der Waals surface area contributed by atoms with Crippen LogP contribution in [0.15, 0.2) is 24.4 Å². The van der Waals surface area contributed by atoms with Gasteiger partial charge in [-0.15, -0.1) is 0 Å². The van der Waals surface area contributed by atoms with Crippen LogP contribution in [-0.4, -0.2) is 65.0 Å². The highest BCUT2D eigenvalue weighted by Gasteiger charge is 2.24. The molecule has 0 bridgehead atoms. The molecule has 1 saturated heterocycles. The fourth-order valence-corrected chi connectivity index (χ4v) is 4.78. The molecule has 1 aliphatic rings. The first-order chi connectivity index (χ1) is 14.0. The number of rotatable bonds is 6. The fourth-order valence-electron chi connectivity index (χ4n) is 3.43. The molecule has 0 radical (unpaired) electrons. The maximum atomic E-state index is 13.2. The van der Waals surface area contributed by atoms with E-state index >= 15 is 0 Å². The molecule has 1 amide bonds. The number of aromatic nitrogens is 3. The number of halogens is 1. The lowest BCUT2D eigenvalue weighted by Crippen LogP contribution is -2.39. The Bertz CT molecular complexity index is 973. The van der Waals surface area contributed by atoms with Gasteiger partial charge >= 0.3 is 0 Å². The second-order valence-corrected chi connectivity index (χ2v) is 8.56. The van der Waals surface area contributed by atoms with E-state index in [4.69, 9.17) is 21.3 Å². The van der Waals surface area contributed by atoms with Crippen LogP contribution < -0.4 is 4.90 Å². The Morgan fingerprint density at radius 1 is 1.31 bits per heavy atom. The number of amides is 1. The molecule has 0 spiro atoms. The van der Waals surface area contributed by atoms with E-state index in [1.54, 1.807) is 28.9 Å². The van der Waals surface area contributed by atoms with Crippen LogP contribution in [0.3, 0.4) is 0 Å². The van der Waals surface area contributed by atoms with Crippen molar-refractivity contribution < 1.29 is 9.53 Å². The summed E-state index contributed by atoms with van der Waals surface area (Å²) >= 11 is 7.84. The van der Waals surface area contributed by atoms with Crippen LogP contribution in [-0.2, 0) is 11.8 Å². The van der Waals surface area contributed by atoms with Crippen molar-refractivity contribution in [2.75, 3.05) is 44.3 Å². The predicted molar refractivity (Wildman–Crippen MR) is 116 cm³/mol. The zero-order valence-corrected chi connectivity index (χ0v) is 18.2. The normalized spacial score (nSPS) is 15.1. The Morgan fingerprint density at radius 3 is 2.79 bits per heavy atom. The third-order valence-corrected chi connectivity index (χ3v) is 6.59. The van der Waals surface area contributed by atoms with Crippen LogP contribution in [0, 0.1) is 6.92 Å². The molecule has 4 rings (SSSR count). The predicted octanol–water partition coefficient (Wildman–Crippen LogP) is 3.36. The first kappa shape index (κ1) is 20.3. The highest BCUT2D eigenvalue weighted by atomic mass is 35.5. The monoisotopic (exact) mass is 433 g/mol. The van der Waals surface area contributed by atoms with Crippen LogP contribution in [0.1, 0.15) is 22.5 Å². The molecule has 3 aromatic rings. The number of hydrogen-bond acceptors (Lipinski definition) is 6. The van der Waals surface area contributed by atoms with Gasteiger partial charge in [0.1, 0.15) is 0 Å². The fraction of sp³-hybridized carbons (Fsp3) is 0.450. The lowest BCUT2D eigenvalue weighted by atomic mass is 10.2. The quantitative estimate of drug-likeness (QED) is 0.596. The zero-order chi connectivity index (χ0) is 20.4. The average molecular weight is 434 g/mol. The number of anilines is 1. The van der Waals surface area contributed by atoms with Gasteiger partial charge in [-0.2, -0.15) is 5.10 Å². The minimum Gasteiger partial charge on any atom is -0.379 e. The minimum absolute atomic E-state index is 0.139. The summed E-state index contributed by atoms with van der Waals surface area (Å²) in [5.41, 5.74) is 2.32. The Labute approximate surface area is 178 Å². The van der Waals surface area contributed by atoms with E-state index in [0.717, 1.165) is 55.0 Å². The van der Waals surface area contributed by atoms with Gasteiger partial charge in [-0.1, -0.05) is 29.0 Å². The summed E-state index contributed by atoms with van der Waals surface area (Å²) in [6, 6.07) is 5.57. The summed E-state index contributed by atoms with van der Waals surface area (Å²) in [5.74, 6) is -0.139. The number of ether oxygens (including phenoxy) is 1. The lowest BCUT2D eigenvalue weighted by molar-refractivity contribution is 0.0376. The maximum Gasteiger partial charge on any atom is 0.280 e. The molecule has 1 fully saturated rings. The number of hydrogen-bond donors (Lipinski definition) is 0. The molecule has 0 saturated carbocycles. The van der Waals surface area contributed by atoms with Gasteiger partial charge in [-0.25, -0.2) is 4.98 Å². The Hall–Kier alpha value is -2.00. The van der Waals surface area contributed by atoms with E-state index in [-0.39, 0.29) is 5.91 Å². The molecule has 9 heteroatoms. The highest BCUT2D eigenvalue weighted by molar-refractivity contribution is 7.23. The molecule has 7 nitrogen and oxygen atoms in total. The Kier molecular flexibility index (Phi) is 6.15. The molecule has 0 N–H and O–H groups in total. The van der Waals surface area contributed by atoms with Crippen molar-refractivity contribution in [1.82, 2.24) is 19.7 Å². The molecule has 154 valence electrons. The van der Waals surface area contributed by atoms with Crippen molar-refractivity contribution in [1.29, 1.82) is 0 Å². The molecule has 0 aliphatic carbocycles.